The summed E-state index contributed by atoms with van der Waals surface area (Å²) >= 11 is 0. The van der Waals surface area contributed by atoms with Crippen molar-refractivity contribution in [3.05, 3.63) is 59.0 Å². The maximum absolute atomic E-state index is 11.2. The van der Waals surface area contributed by atoms with Crippen molar-refractivity contribution in [3.63, 3.8) is 0 Å². The van der Waals surface area contributed by atoms with Crippen molar-refractivity contribution < 1.29 is 9.90 Å². The molecule has 2 heterocycles. The minimum Gasteiger partial charge on any atom is -0.480 e. The Balaban J connectivity index is 1.91. The quantitative estimate of drug-likeness (QED) is 0.787. The van der Waals surface area contributed by atoms with Crippen molar-refractivity contribution in [2.45, 2.75) is 33.2 Å². The number of benzene rings is 1. The molecule has 0 bridgehead atoms. The van der Waals surface area contributed by atoms with Crippen LogP contribution in [-0.2, 0) is 24.2 Å². The van der Waals surface area contributed by atoms with Crippen LogP contribution in [0.5, 0.6) is 0 Å². The van der Waals surface area contributed by atoms with Gasteiger partial charge >= 0.3 is 5.97 Å². The lowest BCUT2D eigenvalue weighted by Gasteiger charge is -2.06. The summed E-state index contributed by atoms with van der Waals surface area (Å²) in [5.74, 6) is -0.121. The molecule has 0 aliphatic rings. The van der Waals surface area contributed by atoms with Crippen molar-refractivity contribution in [1.82, 2.24) is 14.5 Å². The van der Waals surface area contributed by atoms with E-state index in [2.05, 4.69) is 41.2 Å². The fourth-order valence-electron chi connectivity index (χ4n) is 2.66. The van der Waals surface area contributed by atoms with E-state index < -0.39 is 5.97 Å². The predicted octanol–water partition coefficient (Wildman–Crippen LogP) is 2.92. The number of hydrogen-bond donors (Lipinski definition) is 1. The van der Waals surface area contributed by atoms with E-state index in [-0.39, 0.29) is 6.54 Å². The first-order valence-corrected chi connectivity index (χ1v) is 7.62. The number of fused-ring (bicyclic) bond motifs is 1. The summed E-state index contributed by atoms with van der Waals surface area (Å²) < 4.78 is 1.70. The van der Waals surface area contributed by atoms with E-state index in [1.54, 1.807) is 10.8 Å². The number of rotatable bonds is 5. The van der Waals surface area contributed by atoms with Crippen molar-refractivity contribution in [1.29, 1.82) is 0 Å². The van der Waals surface area contributed by atoms with Crippen LogP contribution < -0.4 is 0 Å². The number of pyridine rings is 1. The van der Waals surface area contributed by atoms with Gasteiger partial charge in [-0.05, 0) is 37.5 Å². The summed E-state index contributed by atoms with van der Waals surface area (Å²) in [4.78, 5) is 20.1. The number of aryl methyl sites for hydroxylation is 4. The fraction of sp³-hybridized carbons (Fsp3) is 0.278. The van der Waals surface area contributed by atoms with E-state index in [4.69, 9.17) is 5.11 Å². The average molecular weight is 309 g/mol. The number of aromatic nitrogens is 3. The van der Waals surface area contributed by atoms with E-state index in [1.165, 1.54) is 11.1 Å². The third kappa shape index (κ3) is 3.39. The second-order valence-electron chi connectivity index (χ2n) is 5.85. The second-order valence-corrected chi connectivity index (χ2v) is 5.85. The Kier molecular flexibility index (Phi) is 4.10. The van der Waals surface area contributed by atoms with Gasteiger partial charge in [0.25, 0.3) is 0 Å². The molecule has 0 spiro atoms. The normalized spacial score (nSPS) is 11.0. The highest BCUT2D eigenvalue weighted by molar-refractivity contribution is 5.75. The van der Waals surface area contributed by atoms with Crippen LogP contribution in [0.25, 0.3) is 11.2 Å². The number of carboxylic acids is 1. The molecule has 0 saturated carbocycles. The van der Waals surface area contributed by atoms with Gasteiger partial charge in [0.05, 0.1) is 0 Å². The highest BCUT2D eigenvalue weighted by Gasteiger charge is 2.14. The predicted molar refractivity (Wildman–Crippen MR) is 88.5 cm³/mol. The zero-order valence-corrected chi connectivity index (χ0v) is 13.3. The standard InChI is InChI=1S/C18H19N3O2/c1-12-3-5-14(6-4-12)7-8-16-20-15-9-13(2)10-19-18(15)21(16)11-17(22)23/h3-6,9-10H,7-8,11H2,1-2H3,(H,22,23). The molecule has 2 aromatic heterocycles. The molecular weight excluding hydrogens is 290 g/mol. The summed E-state index contributed by atoms with van der Waals surface area (Å²) in [6, 6.07) is 10.3. The molecule has 23 heavy (non-hydrogen) atoms. The van der Waals surface area contributed by atoms with Crippen molar-refractivity contribution in [3.8, 4) is 0 Å². The molecule has 0 amide bonds. The van der Waals surface area contributed by atoms with Gasteiger partial charge in [0, 0.05) is 12.6 Å². The molecular formula is C18H19N3O2. The first-order chi connectivity index (χ1) is 11.0. The molecule has 0 atom stereocenters. The second kappa shape index (κ2) is 6.20. The lowest BCUT2D eigenvalue weighted by Crippen LogP contribution is -2.13. The van der Waals surface area contributed by atoms with Gasteiger partial charge in [0.1, 0.15) is 17.9 Å². The SMILES string of the molecule is Cc1ccc(CCc2nc3cc(C)cnc3n2CC(=O)O)cc1. The van der Waals surface area contributed by atoms with Gasteiger partial charge in [-0.3, -0.25) is 4.79 Å². The van der Waals surface area contributed by atoms with E-state index >= 15 is 0 Å². The zero-order chi connectivity index (χ0) is 16.4. The molecule has 0 unspecified atom stereocenters. The lowest BCUT2D eigenvalue weighted by atomic mass is 10.1. The van der Waals surface area contributed by atoms with Gasteiger partial charge in [-0.15, -0.1) is 0 Å². The molecule has 0 fully saturated rings. The molecule has 1 N–H and O–H groups in total. The minimum absolute atomic E-state index is 0.115. The summed E-state index contributed by atoms with van der Waals surface area (Å²) in [5, 5.41) is 9.16. The van der Waals surface area contributed by atoms with Crippen LogP contribution >= 0.6 is 0 Å². The Morgan fingerprint density at radius 1 is 1.13 bits per heavy atom. The van der Waals surface area contributed by atoms with Crippen molar-refractivity contribution in [2.75, 3.05) is 0 Å². The Morgan fingerprint density at radius 3 is 2.57 bits per heavy atom. The van der Waals surface area contributed by atoms with E-state index in [9.17, 15) is 4.79 Å². The van der Waals surface area contributed by atoms with Gasteiger partial charge in [-0.1, -0.05) is 29.8 Å². The van der Waals surface area contributed by atoms with Gasteiger partial charge in [-0.25, -0.2) is 9.97 Å². The Bertz CT molecular complexity index is 851. The number of nitrogens with zero attached hydrogens (tertiary/aromatic N) is 3. The molecule has 1 aromatic carbocycles. The lowest BCUT2D eigenvalue weighted by molar-refractivity contribution is -0.137. The molecule has 3 rings (SSSR count). The molecule has 0 radical (unpaired) electrons. The van der Waals surface area contributed by atoms with Crippen LogP contribution in [0, 0.1) is 13.8 Å². The molecule has 5 heteroatoms. The summed E-state index contributed by atoms with van der Waals surface area (Å²) in [6.07, 6.45) is 3.25. The molecule has 118 valence electrons. The summed E-state index contributed by atoms with van der Waals surface area (Å²) in [6.45, 7) is 3.90. The zero-order valence-electron chi connectivity index (χ0n) is 13.3. The number of hydrogen-bond acceptors (Lipinski definition) is 3. The van der Waals surface area contributed by atoms with Crippen LogP contribution in [0.3, 0.4) is 0 Å². The fourth-order valence-corrected chi connectivity index (χ4v) is 2.66. The van der Waals surface area contributed by atoms with Crippen LogP contribution in [0.15, 0.2) is 36.5 Å². The van der Waals surface area contributed by atoms with E-state index in [0.29, 0.717) is 12.1 Å². The van der Waals surface area contributed by atoms with Crippen molar-refractivity contribution in [2.24, 2.45) is 0 Å². The van der Waals surface area contributed by atoms with Crippen molar-refractivity contribution >= 4 is 17.1 Å². The number of aliphatic carboxylic acids is 1. The first kappa shape index (κ1) is 15.2. The Labute approximate surface area is 134 Å². The first-order valence-electron chi connectivity index (χ1n) is 7.62. The van der Waals surface area contributed by atoms with Crippen LogP contribution in [0.1, 0.15) is 22.5 Å². The third-order valence-electron chi connectivity index (χ3n) is 3.85. The van der Waals surface area contributed by atoms with Gasteiger partial charge in [-0.2, -0.15) is 0 Å². The molecule has 3 aromatic rings. The van der Waals surface area contributed by atoms with Gasteiger partial charge in [0.15, 0.2) is 5.65 Å². The molecule has 0 saturated heterocycles. The number of imidazole rings is 1. The maximum Gasteiger partial charge on any atom is 0.323 e. The average Bonchev–Trinajstić information content (AvgIpc) is 2.83. The summed E-state index contributed by atoms with van der Waals surface area (Å²) in [7, 11) is 0. The number of carboxylic acid groups (broad SMARTS) is 1. The van der Waals surface area contributed by atoms with Gasteiger partial charge < -0.3 is 9.67 Å². The monoisotopic (exact) mass is 309 g/mol. The third-order valence-corrected chi connectivity index (χ3v) is 3.85. The van der Waals surface area contributed by atoms with Crippen LogP contribution in [-0.4, -0.2) is 25.6 Å². The highest BCUT2D eigenvalue weighted by atomic mass is 16.4. The van der Waals surface area contributed by atoms with Crippen LogP contribution in [0.2, 0.25) is 0 Å². The topological polar surface area (TPSA) is 68.0 Å². The van der Waals surface area contributed by atoms with Crippen LogP contribution in [0.4, 0.5) is 0 Å². The van der Waals surface area contributed by atoms with E-state index in [0.717, 1.165) is 23.3 Å². The van der Waals surface area contributed by atoms with E-state index in [1.807, 2.05) is 13.0 Å². The molecule has 0 aliphatic carbocycles. The number of carbonyl (C=O) groups is 1. The molecule has 0 aliphatic heterocycles. The Hall–Kier alpha value is -2.69. The van der Waals surface area contributed by atoms with Gasteiger partial charge in [0.2, 0.25) is 0 Å². The maximum atomic E-state index is 11.2. The minimum atomic E-state index is -0.886. The highest BCUT2D eigenvalue weighted by Crippen LogP contribution is 2.17. The smallest absolute Gasteiger partial charge is 0.323 e. The largest absolute Gasteiger partial charge is 0.480 e. The summed E-state index contributed by atoms with van der Waals surface area (Å²) in [5.41, 5.74) is 4.85. The Morgan fingerprint density at radius 2 is 1.87 bits per heavy atom. The molecule has 5 nitrogen and oxygen atoms in total.